The number of esters is 2. The maximum Gasteiger partial charge on any atom is 0.349 e. The number of carboxylic acids is 1. The average molecular weight is 478 g/mol. The molecule has 1 amide bonds. The van der Waals surface area contributed by atoms with Gasteiger partial charge in [0.05, 0.1) is 16.1 Å². The Bertz CT molecular complexity index is 1250. The van der Waals surface area contributed by atoms with Crippen molar-refractivity contribution in [2.75, 3.05) is 5.32 Å². The normalized spacial score (nSPS) is 12.0. The minimum absolute atomic E-state index is 0.00554. The van der Waals surface area contributed by atoms with Gasteiger partial charge < -0.3 is 19.9 Å². The molecule has 2 N–H and O–H groups in total. The minimum atomic E-state index is -2.23. The van der Waals surface area contributed by atoms with Crippen LogP contribution in [0.2, 0.25) is 0 Å². The van der Waals surface area contributed by atoms with Gasteiger partial charge in [-0.05, 0) is 30.3 Å². The molecule has 0 aliphatic rings. The van der Waals surface area contributed by atoms with Crippen LogP contribution >= 0.6 is 0 Å². The van der Waals surface area contributed by atoms with Crippen molar-refractivity contribution in [1.82, 2.24) is 0 Å². The maximum absolute atomic E-state index is 13.0. The third kappa shape index (κ3) is 6.48. The molecule has 0 saturated heterocycles. The zero-order valence-corrected chi connectivity index (χ0v) is 17.9. The van der Waals surface area contributed by atoms with Crippen molar-refractivity contribution in [3.63, 3.8) is 0 Å². The van der Waals surface area contributed by atoms with Crippen LogP contribution in [0.15, 0.2) is 84.9 Å². The monoisotopic (exact) mass is 478 g/mol. The number of carbonyl (C=O) groups is 4. The topological polar surface area (TPSA) is 162 Å². The van der Waals surface area contributed by atoms with Crippen molar-refractivity contribution in [3.8, 4) is 0 Å². The van der Waals surface area contributed by atoms with Gasteiger partial charge in [0.2, 0.25) is 12.2 Å². The fourth-order valence-electron chi connectivity index (χ4n) is 2.92. The Hall–Kier alpha value is -5.06. The Balaban J connectivity index is 1.91. The number of ether oxygens (including phenoxy) is 2. The molecule has 3 aromatic carbocycles. The summed E-state index contributed by atoms with van der Waals surface area (Å²) < 4.78 is 10.2. The molecule has 178 valence electrons. The number of benzene rings is 3. The highest BCUT2D eigenvalue weighted by Gasteiger charge is 2.41. The summed E-state index contributed by atoms with van der Waals surface area (Å²) in [6.07, 6.45) is -4.36. The summed E-state index contributed by atoms with van der Waals surface area (Å²) in [5.41, 5.74) is -0.389. The third-order valence-electron chi connectivity index (χ3n) is 4.59. The highest BCUT2D eigenvalue weighted by atomic mass is 16.6. The molecule has 35 heavy (non-hydrogen) atoms. The SMILES string of the molecule is O=C(O[C@H](C(=O)O)[C@H](OC(=O)c1ccccc1)C(=O)Nc1cccc([N+](=O)[O-])c1)c1ccccc1. The van der Waals surface area contributed by atoms with Gasteiger partial charge in [-0.3, -0.25) is 14.9 Å². The minimum Gasteiger partial charge on any atom is -0.478 e. The molecule has 0 fully saturated rings. The molecule has 0 saturated carbocycles. The summed E-state index contributed by atoms with van der Waals surface area (Å²) in [6.45, 7) is 0. The van der Waals surface area contributed by atoms with Gasteiger partial charge >= 0.3 is 17.9 Å². The van der Waals surface area contributed by atoms with E-state index in [2.05, 4.69) is 5.32 Å². The molecule has 0 bridgehead atoms. The molecule has 0 aromatic heterocycles. The van der Waals surface area contributed by atoms with E-state index < -0.39 is 40.9 Å². The summed E-state index contributed by atoms with van der Waals surface area (Å²) in [7, 11) is 0. The Labute approximate surface area is 198 Å². The van der Waals surface area contributed by atoms with E-state index in [-0.39, 0.29) is 22.5 Å². The van der Waals surface area contributed by atoms with E-state index in [9.17, 15) is 34.4 Å². The fraction of sp³-hybridized carbons (Fsp3) is 0.0833. The standard InChI is InChI=1S/C24H18N2O9/c27-21(25-17-12-7-13-18(14-17)26(32)33)19(34-23(30)15-8-3-1-4-9-15)20(22(28)29)35-24(31)16-10-5-2-6-11-16/h1-14,19-20H,(H,25,27)(H,28,29)/t19-,20-/m0/s1. The highest BCUT2D eigenvalue weighted by Crippen LogP contribution is 2.19. The first kappa shape index (κ1) is 24.6. The lowest BCUT2D eigenvalue weighted by Gasteiger charge is -2.23. The van der Waals surface area contributed by atoms with Crippen molar-refractivity contribution in [2.24, 2.45) is 0 Å². The van der Waals surface area contributed by atoms with E-state index in [0.29, 0.717) is 0 Å². The van der Waals surface area contributed by atoms with Crippen LogP contribution in [0.3, 0.4) is 0 Å². The van der Waals surface area contributed by atoms with Crippen molar-refractivity contribution in [3.05, 3.63) is 106 Å². The number of rotatable bonds is 9. The zero-order chi connectivity index (χ0) is 25.4. The maximum atomic E-state index is 13.0. The summed E-state index contributed by atoms with van der Waals surface area (Å²) in [6, 6.07) is 19.7. The first-order chi connectivity index (χ1) is 16.8. The fourth-order valence-corrected chi connectivity index (χ4v) is 2.92. The van der Waals surface area contributed by atoms with Crippen LogP contribution in [0.5, 0.6) is 0 Å². The van der Waals surface area contributed by atoms with E-state index in [1.165, 1.54) is 66.7 Å². The van der Waals surface area contributed by atoms with Gasteiger partial charge in [0.1, 0.15) is 0 Å². The molecule has 0 aliphatic heterocycles. The molecule has 11 nitrogen and oxygen atoms in total. The van der Waals surface area contributed by atoms with E-state index in [1.54, 1.807) is 12.1 Å². The van der Waals surface area contributed by atoms with Crippen LogP contribution < -0.4 is 5.32 Å². The van der Waals surface area contributed by atoms with Crippen molar-refractivity contribution in [2.45, 2.75) is 12.2 Å². The molecule has 3 rings (SSSR count). The molecule has 2 atom stereocenters. The van der Waals surface area contributed by atoms with Gasteiger partial charge in [-0.2, -0.15) is 0 Å². The molecule has 0 unspecified atom stereocenters. The molecule has 0 radical (unpaired) electrons. The van der Waals surface area contributed by atoms with Gasteiger partial charge in [-0.15, -0.1) is 0 Å². The number of amides is 1. The van der Waals surface area contributed by atoms with Crippen LogP contribution in [-0.4, -0.2) is 46.1 Å². The number of nitrogens with one attached hydrogen (secondary N) is 1. The third-order valence-corrected chi connectivity index (χ3v) is 4.59. The number of aliphatic carboxylic acids is 1. The first-order valence-corrected chi connectivity index (χ1v) is 10.1. The van der Waals surface area contributed by atoms with E-state index in [4.69, 9.17) is 9.47 Å². The summed E-state index contributed by atoms with van der Waals surface area (Å²) in [4.78, 5) is 60.4. The number of hydrogen-bond donors (Lipinski definition) is 2. The first-order valence-electron chi connectivity index (χ1n) is 10.1. The van der Waals surface area contributed by atoms with Crippen LogP contribution in [0.1, 0.15) is 20.7 Å². The largest absolute Gasteiger partial charge is 0.478 e. The number of carbonyl (C=O) groups excluding carboxylic acids is 3. The Kier molecular flexibility index (Phi) is 7.86. The van der Waals surface area contributed by atoms with E-state index in [1.807, 2.05) is 0 Å². The second-order valence-electron chi connectivity index (χ2n) is 7.02. The van der Waals surface area contributed by atoms with Gasteiger partial charge in [0.15, 0.2) is 0 Å². The van der Waals surface area contributed by atoms with Gasteiger partial charge in [-0.1, -0.05) is 42.5 Å². The lowest BCUT2D eigenvalue weighted by atomic mass is 10.1. The number of hydrogen-bond acceptors (Lipinski definition) is 8. The summed E-state index contributed by atoms with van der Waals surface area (Å²) >= 11 is 0. The highest BCUT2D eigenvalue weighted by molar-refractivity contribution is 6.01. The van der Waals surface area contributed by atoms with Crippen molar-refractivity contribution in [1.29, 1.82) is 0 Å². The zero-order valence-electron chi connectivity index (χ0n) is 17.9. The van der Waals surface area contributed by atoms with Crippen LogP contribution in [0.25, 0.3) is 0 Å². The van der Waals surface area contributed by atoms with E-state index in [0.717, 1.165) is 6.07 Å². The smallest absolute Gasteiger partial charge is 0.349 e. The number of nitro groups is 1. The number of anilines is 1. The molecule has 0 aliphatic carbocycles. The average Bonchev–Trinajstić information content (AvgIpc) is 2.86. The molecule has 0 spiro atoms. The Morgan fingerprint density at radius 1 is 0.771 bits per heavy atom. The molecule has 0 heterocycles. The van der Waals surface area contributed by atoms with Gasteiger partial charge in [-0.25, -0.2) is 14.4 Å². The predicted octanol–water partition coefficient (Wildman–Crippen LogP) is 3.07. The molecular formula is C24H18N2O9. The molecule has 3 aromatic rings. The Morgan fingerprint density at radius 2 is 1.29 bits per heavy atom. The lowest BCUT2D eigenvalue weighted by molar-refractivity contribution is -0.384. The van der Waals surface area contributed by atoms with Gasteiger partial charge in [0, 0.05) is 17.8 Å². The second-order valence-corrected chi connectivity index (χ2v) is 7.02. The van der Waals surface area contributed by atoms with Crippen LogP contribution in [-0.2, 0) is 19.1 Å². The predicted molar refractivity (Wildman–Crippen MR) is 121 cm³/mol. The molecule has 11 heteroatoms. The molecular weight excluding hydrogens is 460 g/mol. The number of nitrogens with zero attached hydrogens (tertiary/aromatic N) is 1. The van der Waals surface area contributed by atoms with E-state index >= 15 is 0 Å². The Morgan fingerprint density at radius 3 is 1.77 bits per heavy atom. The van der Waals surface area contributed by atoms with Crippen molar-refractivity contribution >= 4 is 35.2 Å². The second kappa shape index (κ2) is 11.2. The quantitative estimate of drug-likeness (QED) is 0.267. The lowest BCUT2D eigenvalue weighted by Crippen LogP contribution is -2.48. The summed E-state index contributed by atoms with van der Waals surface area (Å²) in [5.74, 6) is -5.05. The number of nitro benzene ring substituents is 1. The van der Waals surface area contributed by atoms with Gasteiger partial charge in [0.25, 0.3) is 11.6 Å². The number of carboxylic acid groups (broad SMARTS) is 1. The number of non-ortho nitro benzene ring substituents is 1. The van der Waals surface area contributed by atoms with Crippen molar-refractivity contribution < 1.29 is 38.7 Å². The summed E-state index contributed by atoms with van der Waals surface area (Å²) in [5, 5.41) is 23.0. The van der Waals surface area contributed by atoms with Crippen LogP contribution in [0.4, 0.5) is 11.4 Å². The van der Waals surface area contributed by atoms with Crippen LogP contribution in [0, 0.1) is 10.1 Å².